The molecule has 1 fully saturated rings. The molecule has 2 amide bonds. The lowest BCUT2D eigenvalue weighted by Crippen LogP contribution is -2.58. The molecular weight excluding hydrogens is 370 g/mol. The minimum atomic E-state index is -0.576. The Hall–Kier alpha value is -2.90. The molecule has 4 rings (SSSR count). The first-order chi connectivity index (χ1) is 13.9. The van der Waals surface area contributed by atoms with E-state index in [0.717, 1.165) is 29.7 Å². The third-order valence-corrected chi connectivity index (χ3v) is 5.74. The van der Waals surface area contributed by atoms with Gasteiger partial charge in [0.05, 0.1) is 19.6 Å². The molecular formula is C21H27N5O3. The van der Waals surface area contributed by atoms with E-state index >= 15 is 0 Å². The molecule has 2 aromatic rings. The standard InChI is InChI=1S/C21H27N5O3/c1-16-4-5-19-18(10-16)11-25(17(2)27)13-21(29-19)7-3-8-24(12-21)20(28)6-9-26-15-22-14-23-26/h4-5,10,14-15H,3,6-9,11-13H2,1-2H3. The first kappa shape index (κ1) is 19.4. The molecule has 154 valence electrons. The molecule has 2 aliphatic heterocycles. The fraction of sp³-hybridized carbons (Fsp3) is 0.524. The molecule has 8 heteroatoms. The summed E-state index contributed by atoms with van der Waals surface area (Å²) in [5.41, 5.74) is 1.58. The fourth-order valence-corrected chi connectivity index (χ4v) is 4.27. The summed E-state index contributed by atoms with van der Waals surface area (Å²) in [5.74, 6) is 0.916. The maximum absolute atomic E-state index is 12.8. The normalized spacial score (nSPS) is 21.4. The molecule has 1 spiro atoms. The van der Waals surface area contributed by atoms with E-state index in [2.05, 4.69) is 16.1 Å². The molecule has 2 aliphatic rings. The Labute approximate surface area is 170 Å². The number of hydrogen-bond acceptors (Lipinski definition) is 5. The molecule has 8 nitrogen and oxygen atoms in total. The van der Waals surface area contributed by atoms with Crippen LogP contribution >= 0.6 is 0 Å². The van der Waals surface area contributed by atoms with Crippen LogP contribution in [0.25, 0.3) is 0 Å². The Morgan fingerprint density at radius 2 is 2.07 bits per heavy atom. The molecule has 1 aromatic heterocycles. The van der Waals surface area contributed by atoms with E-state index in [1.54, 1.807) is 17.9 Å². The second-order valence-corrected chi connectivity index (χ2v) is 8.10. The van der Waals surface area contributed by atoms with Gasteiger partial charge >= 0.3 is 0 Å². The van der Waals surface area contributed by atoms with Gasteiger partial charge in [0, 0.05) is 32.0 Å². The fourth-order valence-electron chi connectivity index (χ4n) is 4.27. The predicted molar refractivity (Wildman–Crippen MR) is 106 cm³/mol. The maximum Gasteiger partial charge on any atom is 0.224 e. The van der Waals surface area contributed by atoms with Crippen LogP contribution in [-0.4, -0.2) is 61.6 Å². The number of ether oxygens (including phenoxy) is 1. The predicted octanol–water partition coefficient (Wildman–Crippen LogP) is 1.78. The summed E-state index contributed by atoms with van der Waals surface area (Å²) in [5, 5.41) is 4.06. The van der Waals surface area contributed by atoms with Crippen molar-refractivity contribution in [1.29, 1.82) is 0 Å². The highest BCUT2D eigenvalue weighted by atomic mass is 16.5. The quantitative estimate of drug-likeness (QED) is 0.789. The lowest BCUT2D eigenvalue weighted by Gasteiger charge is -2.43. The average molecular weight is 397 g/mol. The summed E-state index contributed by atoms with van der Waals surface area (Å²) in [6.45, 7) is 6.36. The van der Waals surface area contributed by atoms with Crippen LogP contribution in [0, 0.1) is 6.92 Å². The van der Waals surface area contributed by atoms with Crippen LogP contribution in [-0.2, 0) is 22.7 Å². The van der Waals surface area contributed by atoms with Crippen molar-refractivity contribution in [3.05, 3.63) is 42.0 Å². The van der Waals surface area contributed by atoms with Gasteiger partial charge < -0.3 is 14.5 Å². The average Bonchev–Trinajstić information content (AvgIpc) is 3.16. The maximum atomic E-state index is 12.8. The van der Waals surface area contributed by atoms with E-state index in [1.165, 1.54) is 6.33 Å². The highest BCUT2D eigenvalue weighted by molar-refractivity contribution is 5.76. The van der Waals surface area contributed by atoms with Gasteiger partial charge in [-0.05, 0) is 25.8 Å². The molecule has 0 saturated carbocycles. The van der Waals surface area contributed by atoms with Crippen molar-refractivity contribution in [2.24, 2.45) is 0 Å². The summed E-state index contributed by atoms with van der Waals surface area (Å²) in [6.07, 6.45) is 5.11. The molecule has 0 bridgehead atoms. The van der Waals surface area contributed by atoms with Gasteiger partial charge in [-0.2, -0.15) is 5.10 Å². The van der Waals surface area contributed by atoms with Crippen LogP contribution in [0.2, 0.25) is 0 Å². The number of hydrogen-bond donors (Lipinski definition) is 0. The van der Waals surface area contributed by atoms with Crippen molar-refractivity contribution < 1.29 is 14.3 Å². The Morgan fingerprint density at radius 3 is 2.83 bits per heavy atom. The van der Waals surface area contributed by atoms with Crippen LogP contribution in [0.5, 0.6) is 5.75 Å². The number of nitrogens with zero attached hydrogens (tertiary/aromatic N) is 5. The Kier molecular flexibility index (Phi) is 5.25. The van der Waals surface area contributed by atoms with Crippen LogP contribution in [0.4, 0.5) is 0 Å². The summed E-state index contributed by atoms with van der Waals surface area (Å²) in [6, 6.07) is 6.09. The van der Waals surface area contributed by atoms with Gasteiger partial charge in [0.1, 0.15) is 24.0 Å². The van der Waals surface area contributed by atoms with Crippen LogP contribution in [0.15, 0.2) is 30.9 Å². The van der Waals surface area contributed by atoms with E-state index in [9.17, 15) is 9.59 Å². The van der Waals surface area contributed by atoms with E-state index in [1.807, 2.05) is 28.9 Å². The monoisotopic (exact) mass is 397 g/mol. The van der Waals surface area contributed by atoms with Crippen molar-refractivity contribution in [3.8, 4) is 5.75 Å². The smallest absolute Gasteiger partial charge is 0.224 e. The third kappa shape index (κ3) is 4.26. The highest BCUT2D eigenvalue weighted by Crippen LogP contribution is 2.35. The number of piperidine rings is 1. The summed E-state index contributed by atoms with van der Waals surface area (Å²) < 4.78 is 8.20. The zero-order chi connectivity index (χ0) is 20.4. The molecule has 3 heterocycles. The van der Waals surface area contributed by atoms with Crippen LogP contribution in [0.3, 0.4) is 0 Å². The number of aryl methyl sites for hydroxylation is 2. The molecule has 1 atom stereocenters. The van der Waals surface area contributed by atoms with Crippen molar-refractivity contribution in [2.45, 2.75) is 51.8 Å². The topological polar surface area (TPSA) is 80.6 Å². The summed E-state index contributed by atoms with van der Waals surface area (Å²) in [7, 11) is 0. The van der Waals surface area contributed by atoms with Crippen molar-refractivity contribution >= 4 is 11.8 Å². The van der Waals surface area contributed by atoms with Gasteiger partial charge in [0.15, 0.2) is 0 Å². The van der Waals surface area contributed by atoms with Crippen molar-refractivity contribution in [2.75, 3.05) is 19.6 Å². The number of amides is 2. The molecule has 1 saturated heterocycles. The molecule has 0 aliphatic carbocycles. The Bertz CT molecular complexity index is 898. The van der Waals surface area contributed by atoms with Gasteiger partial charge in [-0.15, -0.1) is 0 Å². The number of rotatable bonds is 3. The lowest BCUT2D eigenvalue weighted by molar-refractivity contribution is -0.140. The Balaban J connectivity index is 1.53. The van der Waals surface area contributed by atoms with E-state index in [4.69, 9.17) is 4.74 Å². The van der Waals surface area contributed by atoms with Gasteiger partial charge in [0.25, 0.3) is 0 Å². The zero-order valence-electron chi connectivity index (χ0n) is 17.0. The SMILES string of the molecule is CC(=O)N1Cc2cc(C)ccc2OC2(CCCN(C(=O)CCn3cncn3)C2)C1. The van der Waals surface area contributed by atoms with Gasteiger partial charge in [-0.3, -0.25) is 14.3 Å². The van der Waals surface area contributed by atoms with E-state index in [0.29, 0.717) is 39.1 Å². The minimum absolute atomic E-state index is 0.0250. The van der Waals surface area contributed by atoms with Gasteiger partial charge in [-0.1, -0.05) is 17.7 Å². The lowest BCUT2D eigenvalue weighted by atomic mass is 9.91. The largest absolute Gasteiger partial charge is 0.483 e. The molecule has 0 radical (unpaired) electrons. The second-order valence-electron chi connectivity index (χ2n) is 8.10. The third-order valence-electron chi connectivity index (χ3n) is 5.74. The highest BCUT2D eigenvalue weighted by Gasteiger charge is 2.43. The van der Waals surface area contributed by atoms with E-state index in [-0.39, 0.29) is 11.8 Å². The van der Waals surface area contributed by atoms with Crippen molar-refractivity contribution in [1.82, 2.24) is 24.6 Å². The minimum Gasteiger partial charge on any atom is -0.483 e. The summed E-state index contributed by atoms with van der Waals surface area (Å²) in [4.78, 5) is 32.8. The van der Waals surface area contributed by atoms with E-state index < -0.39 is 5.60 Å². The molecule has 29 heavy (non-hydrogen) atoms. The number of carbonyl (C=O) groups is 2. The molecule has 0 N–H and O–H groups in total. The Morgan fingerprint density at radius 1 is 1.24 bits per heavy atom. The van der Waals surface area contributed by atoms with Crippen LogP contribution < -0.4 is 4.74 Å². The number of benzene rings is 1. The molecule has 1 unspecified atom stereocenters. The first-order valence-electron chi connectivity index (χ1n) is 10.1. The number of carbonyl (C=O) groups excluding carboxylic acids is 2. The first-order valence-corrected chi connectivity index (χ1v) is 10.1. The number of aromatic nitrogens is 3. The number of likely N-dealkylation sites (tertiary alicyclic amines) is 1. The van der Waals surface area contributed by atoms with Crippen molar-refractivity contribution in [3.63, 3.8) is 0 Å². The molecule has 1 aromatic carbocycles. The zero-order valence-corrected chi connectivity index (χ0v) is 17.0. The second kappa shape index (κ2) is 7.85. The van der Waals surface area contributed by atoms with Gasteiger partial charge in [-0.25, -0.2) is 4.98 Å². The van der Waals surface area contributed by atoms with Gasteiger partial charge in [0.2, 0.25) is 11.8 Å². The summed E-state index contributed by atoms with van der Waals surface area (Å²) >= 11 is 0. The number of fused-ring (bicyclic) bond motifs is 1. The van der Waals surface area contributed by atoms with Crippen LogP contribution in [0.1, 0.15) is 37.3 Å².